The van der Waals surface area contributed by atoms with E-state index in [1.54, 1.807) is 5.57 Å². The molecule has 1 fully saturated rings. The van der Waals surface area contributed by atoms with E-state index in [1.165, 1.54) is 44.6 Å². The molecule has 3 heteroatoms. The van der Waals surface area contributed by atoms with Gasteiger partial charge in [0, 0.05) is 45.8 Å². The van der Waals surface area contributed by atoms with Gasteiger partial charge in [-0.25, -0.2) is 0 Å². The maximum atomic E-state index is 5.63. The van der Waals surface area contributed by atoms with Crippen LogP contribution in [-0.2, 0) is 0 Å². The van der Waals surface area contributed by atoms with Crippen LogP contribution in [0.4, 0.5) is 0 Å². The van der Waals surface area contributed by atoms with E-state index in [0.717, 1.165) is 19.6 Å². The first-order valence-electron chi connectivity index (χ1n) is 8.04. The van der Waals surface area contributed by atoms with Crippen molar-refractivity contribution < 1.29 is 0 Å². The van der Waals surface area contributed by atoms with Crippen molar-refractivity contribution >= 4 is 0 Å². The minimum absolute atomic E-state index is 0.319. The second-order valence-electron chi connectivity index (χ2n) is 7.14. The molecule has 114 valence electrons. The lowest BCUT2D eigenvalue weighted by atomic mass is 9.80. The van der Waals surface area contributed by atoms with Gasteiger partial charge in [0.1, 0.15) is 0 Å². The number of piperazine rings is 1. The molecule has 0 atom stereocenters. The second kappa shape index (κ2) is 6.88. The molecule has 2 rings (SSSR count). The molecule has 1 aliphatic carbocycles. The van der Waals surface area contributed by atoms with E-state index in [1.807, 2.05) is 0 Å². The Morgan fingerprint density at radius 1 is 1.10 bits per heavy atom. The third-order valence-corrected chi connectivity index (χ3v) is 4.46. The first-order valence-corrected chi connectivity index (χ1v) is 8.04. The smallest absolute Gasteiger partial charge is 0.0231 e. The fraction of sp³-hybridized carbons (Fsp3) is 0.765. The minimum Gasteiger partial charge on any atom is -0.329 e. The molecule has 20 heavy (non-hydrogen) atoms. The van der Waals surface area contributed by atoms with Gasteiger partial charge in [-0.3, -0.25) is 9.80 Å². The summed E-state index contributed by atoms with van der Waals surface area (Å²) in [6, 6.07) is 0. The van der Waals surface area contributed by atoms with Crippen molar-refractivity contribution in [3.05, 3.63) is 23.3 Å². The highest BCUT2D eigenvalue weighted by Gasteiger charge is 2.21. The van der Waals surface area contributed by atoms with Gasteiger partial charge in [0.25, 0.3) is 0 Å². The molecule has 2 N–H and O–H groups in total. The van der Waals surface area contributed by atoms with Crippen molar-refractivity contribution in [2.24, 2.45) is 11.1 Å². The summed E-state index contributed by atoms with van der Waals surface area (Å²) in [6.45, 7) is 14.6. The van der Waals surface area contributed by atoms with Gasteiger partial charge in [0.05, 0.1) is 0 Å². The summed E-state index contributed by atoms with van der Waals surface area (Å²) in [5, 5.41) is 0. The van der Waals surface area contributed by atoms with Crippen LogP contribution in [0.15, 0.2) is 23.3 Å². The highest BCUT2D eigenvalue weighted by Crippen LogP contribution is 2.33. The van der Waals surface area contributed by atoms with Crippen LogP contribution in [-0.4, -0.2) is 55.6 Å². The van der Waals surface area contributed by atoms with Crippen molar-refractivity contribution in [3.8, 4) is 0 Å². The van der Waals surface area contributed by atoms with Gasteiger partial charge in [-0.1, -0.05) is 38.5 Å². The van der Waals surface area contributed by atoms with Crippen LogP contribution in [0.2, 0.25) is 0 Å². The molecular weight excluding hydrogens is 246 g/mol. The molecule has 0 saturated carbocycles. The number of allylic oxidation sites excluding steroid dienone is 2. The number of hydrogen-bond acceptors (Lipinski definition) is 3. The van der Waals surface area contributed by atoms with Crippen LogP contribution < -0.4 is 5.73 Å². The summed E-state index contributed by atoms with van der Waals surface area (Å²) in [7, 11) is 0. The zero-order valence-electron chi connectivity index (χ0n) is 13.5. The molecule has 0 aromatic heterocycles. The zero-order chi connectivity index (χ0) is 14.6. The Bertz CT molecular complexity index is 368. The lowest BCUT2D eigenvalue weighted by Crippen LogP contribution is -2.48. The number of hydrogen-bond donors (Lipinski definition) is 1. The molecule has 0 radical (unpaired) electrons. The fourth-order valence-corrected chi connectivity index (χ4v) is 3.08. The second-order valence-corrected chi connectivity index (χ2v) is 7.14. The van der Waals surface area contributed by atoms with Crippen molar-refractivity contribution in [1.82, 2.24) is 9.80 Å². The van der Waals surface area contributed by atoms with Crippen molar-refractivity contribution in [2.75, 3.05) is 45.8 Å². The molecule has 0 spiro atoms. The van der Waals surface area contributed by atoms with Gasteiger partial charge in [-0.15, -0.1) is 0 Å². The standard InChI is InChI=1S/C17H31N3/c1-17(2,3)16-6-4-5-15(13-16)14-20-11-9-19(8-7-18)10-12-20/h5,13H,4,6-12,14,18H2,1-3H3. The maximum Gasteiger partial charge on any atom is 0.0231 e. The number of rotatable bonds is 4. The summed E-state index contributed by atoms with van der Waals surface area (Å²) in [5.74, 6) is 0. The van der Waals surface area contributed by atoms with Crippen molar-refractivity contribution in [3.63, 3.8) is 0 Å². The third-order valence-electron chi connectivity index (χ3n) is 4.46. The quantitative estimate of drug-likeness (QED) is 0.855. The Hall–Kier alpha value is -0.640. The Morgan fingerprint density at radius 3 is 2.35 bits per heavy atom. The third kappa shape index (κ3) is 4.44. The van der Waals surface area contributed by atoms with Gasteiger partial charge >= 0.3 is 0 Å². The SMILES string of the molecule is CC(C)(C)C1=CC(CN2CCN(CCN)CC2)=CCC1. The highest BCUT2D eigenvalue weighted by atomic mass is 15.3. The van der Waals surface area contributed by atoms with Crippen LogP contribution in [0.1, 0.15) is 33.6 Å². The van der Waals surface area contributed by atoms with Crippen LogP contribution in [0, 0.1) is 5.41 Å². The summed E-state index contributed by atoms with van der Waals surface area (Å²) >= 11 is 0. The van der Waals surface area contributed by atoms with E-state index < -0.39 is 0 Å². The van der Waals surface area contributed by atoms with E-state index >= 15 is 0 Å². The van der Waals surface area contributed by atoms with Gasteiger partial charge in [-0.05, 0) is 23.8 Å². The van der Waals surface area contributed by atoms with Crippen molar-refractivity contribution in [1.29, 1.82) is 0 Å². The van der Waals surface area contributed by atoms with Crippen LogP contribution in [0.5, 0.6) is 0 Å². The summed E-state index contributed by atoms with van der Waals surface area (Å²) in [6.07, 6.45) is 7.33. The molecule has 0 aromatic carbocycles. The predicted molar refractivity (Wildman–Crippen MR) is 86.8 cm³/mol. The van der Waals surface area contributed by atoms with Gasteiger partial charge < -0.3 is 5.73 Å². The average Bonchev–Trinajstić information content (AvgIpc) is 2.41. The Labute approximate surface area is 124 Å². The van der Waals surface area contributed by atoms with E-state index in [4.69, 9.17) is 5.73 Å². The molecule has 0 unspecified atom stereocenters. The lowest BCUT2D eigenvalue weighted by molar-refractivity contribution is 0.144. The summed E-state index contributed by atoms with van der Waals surface area (Å²) in [4.78, 5) is 5.06. The largest absolute Gasteiger partial charge is 0.329 e. The van der Waals surface area contributed by atoms with E-state index in [9.17, 15) is 0 Å². The van der Waals surface area contributed by atoms with Gasteiger partial charge in [-0.2, -0.15) is 0 Å². The van der Waals surface area contributed by atoms with E-state index in [-0.39, 0.29) is 0 Å². The molecule has 2 aliphatic rings. The summed E-state index contributed by atoms with van der Waals surface area (Å²) < 4.78 is 0. The molecule has 1 saturated heterocycles. The van der Waals surface area contributed by atoms with Crippen LogP contribution >= 0.6 is 0 Å². The minimum atomic E-state index is 0.319. The van der Waals surface area contributed by atoms with Gasteiger partial charge in [0.2, 0.25) is 0 Å². The molecular formula is C17H31N3. The van der Waals surface area contributed by atoms with Crippen molar-refractivity contribution in [2.45, 2.75) is 33.6 Å². The molecule has 1 aliphatic heterocycles. The zero-order valence-corrected chi connectivity index (χ0v) is 13.5. The monoisotopic (exact) mass is 277 g/mol. The fourth-order valence-electron chi connectivity index (χ4n) is 3.08. The molecule has 1 heterocycles. The molecule has 0 amide bonds. The van der Waals surface area contributed by atoms with Crippen LogP contribution in [0.3, 0.4) is 0 Å². The Morgan fingerprint density at radius 2 is 1.75 bits per heavy atom. The Kier molecular flexibility index (Phi) is 5.42. The average molecular weight is 277 g/mol. The number of nitrogens with two attached hydrogens (primary N) is 1. The molecule has 0 bridgehead atoms. The summed E-state index contributed by atoms with van der Waals surface area (Å²) in [5.41, 5.74) is 9.08. The van der Waals surface area contributed by atoms with Gasteiger partial charge in [0.15, 0.2) is 0 Å². The number of nitrogens with zero attached hydrogens (tertiary/aromatic N) is 2. The van der Waals surface area contributed by atoms with Crippen LogP contribution in [0.25, 0.3) is 0 Å². The predicted octanol–water partition coefficient (Wildman–Crippen LogP) is 2.26. The molecule has 0 aromatic rings. The normalized spacial score (nSPS) is 22.6. The van der Waals surface area contributed by atoms with E-state index in [2.05, 4.69) is 42.7 Å². The topological polar surface area (TPSA) is 32.5 Å². The highest BCUT2D eigenvalue weighted by molar-refractivity contribution is 5.31. The Balaban J connectivity index is 1.85. The maximum absolute atomic E-state index is 5.63. The van der Waals surface area contributed by atoms with E-state index in [0.29, 0.717) is 5.41 Å². The first-order chi connectivity index (χ1) is 9.49. The first kappa shape index (κ1) is 15.7. The lowest BCUT2D eigenvalue weighted by Gasteiger charge is -2.35. The molecule has 3 nitrogen and oxygen atoms in total.